The summed E-state index contributed by atoms with van der Waals surface area (Å²) in [6.45, 7) is 0.447. The minimum Gasteiger partial charge on any atom is -0.445 e. The molecule has 1 atom stereocenters. The first-order valence-electron chi connectivity index (χ1n) is 9.05. The smallest absolute Gasteiger partial charge is 0.408 e. The molecule has 0 aliphatic rings. The van der Waals surface area contributed by atoms with E-state index in [9.17, 15) is 14.4 Å². The van der Waals surface area contributed by atoms with Crippen LogP contribution < -0.4 is 16.4 Å². The fourth-order valence-electron chi connectivity index (χ4n) is 2.40. The molecule has 0 fully saturated rings. The van der Waals surface area contributed by atoms with Crippen LogP contribution in [0.4, 0.5) is 4.79 Å². The number of alkyl carbamates (subject to hydrolysis) is 1. The third-order valence-corrected chi connectivity index (χ3v) is 3.94. The van der Waals surface area contributed by atoms with E-state index in [4.69, 9.17) is 19.9 Å². The summed E-state index contributed by atoms with van der Waals surface area (Å²) in [5.74, 6) is -0.968. The molecule has 4 N–H and O–H groups in total. The average molecular weight is 395 g/mol. The first-order chi connectivity index (χ1) is 13.5. The van der Waals surface area contributed by atoms with Crippen LogP contribution in [0.25, 0.3) is 0 Å². The lowest BCUT2D eigenvalue weighted by atomic mass is 10.1. The average Bonchev–Trinajstić information content (AvgIpc) is 2.70. The second kappa shape index (κ2) is 13.5. The number of rotatable bonds is 13. The molecule has 0 unspecified atom stereocenters. The quantitative estimate of drug-likeness (QED) is 0.338. The summed E-state index contributed by atoms with van der Waals surface area (Å²) >= 11 is 0. The molecule has 0 radical (unpaired) electrons. The molecule has 0 aromatic heterocycles. The maximum atomic E-state index is 12.4. The highest BCUT2D eigenvalue weighted by molar-refractivity contribution is 5.86. The summed E-state index contributed by atoms with van der Waals surface area (Å²) in [4.78, 5) is 35.4. The van der Waals surface area contributed by atoms with Crippen LogP contribution in [0.3, 0.4) is 0 Å². The maximum absolute atomic E-state index is 12.4. The number of benzene rings is 1. The summed E-state index contributed by atoms with van der Waals surface area (Å²) in [7, 11) is 3.08. The van der Waals surface area contributed by atoms with Crippen molar-refractivity contribution in [1.82, 2.24) is 10.6 Å². The van der Waals surface area contributed by atoms with Gasteiger partial charge in [-0.1, -0.05) is 30.3 Å². The molecule has 9 heteroatoms. The van der Waals surface area contributed by atoms with Crippen molar-refractivity contribution in [3.8, 4) is 0 Å². The molecule has 0 heterocycles. The fourth-order valence-corrected chi connectivity index (χ4v) is 2.40. The van der Waals surface area contributed by atoms with Crippen molar-refractivity contribution in [3.05, 3.63) is 35.9 Å². The Bertz CT molecular complexity index is 607. The zero-order chi connectivity index (χ0) is 20.8. The zero-order valence-electron chi connectivity index (χ0n) is 16.3. The molecule has 0 aliphatic heterocycles. The van der Waals surface area contributed by atoms with E-state index in [2.05, 4.69) is 10.6 Å². The number of carbonyl (C=O) groups excluding carboxylic acids is 3. The highest BCUT2D eigenvalue weighted by atomic mass is 16.7. The molecule has 3 amide bonds. The van der Waals surface area contributed by atoms with Gasteiger partial charge in [-0.3, -0.25) is 9.59 Å². The monoisotopic (exact) mass is 395 g/mol. The molecule has 1 aromatic rings. The van der Waals surface area contributed by atoms with Crippen LogP contribution in [0.15, 0.2) is 30.3 Å². The SMILES string of the molecule is COC(CCCNC(=O)[C@H](CCC(N)=O)NC(=O)OCc1ccccc1)OC. The number of ether oxygens (including phenoxy) is 3. The Morgan fingerprint density at radius 2 is 1.75 bits per heavy atom. The summed E-state index contributed by atoms with van der Waals surface area (Å²) in [5.41, 5.74) is 5.97. The Balaban J connectivity index is 2.47. The normalized spacial score (nSPS) is 11.7. The number of hydrogen-bond donors (Lipinski definition) is 3. The van der Waals surface area contributed by atoms with Gasteiger partial charge in [-0.15, -0.1) is 0 Å². The molecule has 0 spiro atoms. The summed E-state index contributed by atoms with van der Waals surface area (Å²) in [5, 5.41) is 5.20. The number of nitrogens with two attached hydrogens (primary N) is 1. The first-order valence-corrected chi connectivity index (χ1v) is 9.05. The molecular weight excluding hydrogens is 366 g/mol. The van der Waals surface area contributed by atoms with Gasteiger partial charge in [0.15, 0.2) is 6.29 Å². The van der Waals surface area contributed by atoms with Crippen LogP contribution in [-0.4, -0.2) is 51.0 Å². The van der Waals surface area contributed by atoms with E-state index in [0.717, 1.165) is 5.56 Å². The third-order valence-electron chi connectivity index (χ3n) is 3.94. The van der Waals surface area contributed by atoms with Gasteiger partial charge in [-0.2, -0.15) is 0 Å². The number of primary amides is 1. The van der Waals surface area contributed by atoms with Gasteiger partial charge in [0.1, 0.15) is 12.6 Å². The lowest BCUT2D eigenvalue weighted by Gasteiger charge is -2.18. The molecule has 156 valence electrons. The molecule has 1 rings (SSSR count). The standard InChI is InChI=1S/C19H29N3O6/c1-26-17(27-2)9-6-12-21-18(24)15(10-11-16(20)23)22-19(25)28-13-14-7-4-3-5-8-14/h3-5,7-8,15,17H,6,9-13H2,1-2H3,(H2,20,23)(H,21,24)(H,22,25)/t15-/m0/s1. The highest BCUT2D eigenvalue weighted by Gasteiger charge is 2.22. The van der Waals surface area contributed by atoms with Crippen LogP contribution in [-0.2, 0) is 30.4 Å². The van der Waals surface area contributed by atoms with Crippen molar-refractivity contribution >= 4 is 17.9 Å². The van der Waals surface area contributed by atoms with Crippen LogP contribution in [0.2, 0.25) is 0 Å². The van der Waals surface area contributed by atoms with Crippen molar-refractivity contribution in [1.29, 1.82) is 0 Å². The Kier molecular flexibility index (Phi) is 11.3. The molecule has 28 heavy (non-hydrogen) atoms. The van der Waals surface area contributed by atoms with Crippen molar-refractivity contribution in [2.45, 2.75) is 44.6 Å². The van der Waals surface area contributed by atoms with Crippen molar-refractivity contribution in [2.75, 3.05) is 20.8 Å². The topological polar surface area (TPSA) is 129 Å². The second-order valence-corrected chi connectivity index (χ2v) is 6.10. The molecule has 0 bridgehead atoms. The highest BCUT2D eigenvalue weighted by Crippen LogP contribution is 2.04. The molecule has 0 saturated heterocycles. The molecule has 0 saturated carbocycles. The van der Waals surface area contributed by atoms with Crippen molar-refractivity contribution in [2.24, 2.45) is 5.73 Å². The fraction of sp³-hybridized carbons (Fsp3) is 0.526. The van der Waals surface area contributed by atoms with E-state index in [-0.39, 0.29) is 25.7 Å². The predicted octanol–water partition coefficient (Wildman–Crippen LogP) is 1.06. The Labute approximate surface area is 164 Å². The maximum Gasteiger partial charge on any atom is 0.408 e. The lowest BCUT2D eigenvalue weighted by Crippen LogP contribution is -2.47. The van der Waals surface area contributed by atoms with Crippen LogP contribution in [0.1, 0.15) is 31.2 Å². The van der Waals surface area contributed by atoms with E-state index >= 15 is 0 Å². The van der Waals surface area contributed by atoms with E-state index in [1.165, 1.54) is 14.2 Å². The van der Waals surface area contributed by atoms with Crippen molar-refractivity contribution in [3.63, 3.8) is 0 Å². The van der Waals surface area contributed by atoms with Crippen LogP contribution in [0.5, 0.6) is 0 Å². The third kappa shape index (κ3) is 9.89. The van der Waals surface area contributed by atoms with E-state index in [1.54, 1.807) is 0 Å². The summed E-state index contributed by atoms with van der Waals surface area (Å²) in [6, 6.07) is 8.23. The van der Waals surface area contributed by atoms with Gasteiger partial charge < -0.3 is 30.6 Å². The largest absolute Gasteiger partial charge is 0.445 e. The zero-order valence-corrected chi connectivity index (χ0v) is 16.3. The number of hydrogen-bond acceptors (Lipinski definition) is 6. The van der Waals surface area contributed by atoms with Gasteiger partial charge in [0.05, 0.1) is 0 Å². The molecule has 9 nitrogen and oxygen atoms in total. The van der Waals surface area contributed by atoms with Gasteiger partial charge in [-0.25, -0.2) is 4.79 Å². The van der Waals surface area contributed by atoms with Crippen molar-refractivity contribution < 1.29 is 28.6 Å². The summed E-state index contributed by atoms with van der Waals surface area (Å²) in [6.07, 6.45) is 0.193. The number of carbonyl (C=O) groups is 3. The Hall–Kier alpha value is -2.65. The van der Waals surface area contributed by atoms with E-state index < -0.39 is 23.9 Å². The van der Waals surface area contributed by atoms with Gasteiger partial charge in [0.2, 0.25) is 11.8 Å². The molecule has 0 aliphatic carbocycles. The Morgan fingerprint density at radius 1 is 1.07 bits per heavy atom. The van der Waals surface area contributed by atoms with Gasteiger partial charge >= 0.3 is 6.09 Å². The van der Waals surface area contributed by atoms with E-state index in [0.29, 0.717) is 19.4 Å². The first kappa shape index (κ1) is 23.4. The lowest BCUT2D eigenvalue weighted by molar-refractivity contribution is -0.124. The number of nitrogens with one attached hydrogen (secondary N) is 2. The van der Waals surface area contributed by atoms with Gasteiger partial charge in [-0.05, 0) is 18.4 Å². The number of amides is 3. The molecule has 1 aromatic carbocycles. The van der Waals surface area contributed by atoms with Crippen LogP contribution in [0, 0.1) is 0 Å². The second-order valence-electron chi connectivity index (χ2n) is 6.10. The Morgan fingerprint density at radius 3 is 2.36 bits per heavy atom. The van der Waals surface area contributed by atoms with E-state index in [1.807, 2.05) is 30.3 Å². The minimum atomic E-state index is -0.920. The number of methoxy groups -OCH3 is 2. The summed E-state index contributed by atoms with van der Waals surface area (Å²) < 4.78 is 15.3. The van der Waals surface area contributed by atoms with Crippen LogP contribution >= 0.6 is 0 Å². The molecular formula is C19H29N3O6. The van der Waals surface area contributed by atoms with Gasteiger partial charge in [0, 0.05) is 33.6 Å². The predicted molar refractivity (Wildman–Crippen MR) is 102 cm³/mol. The van der Waals surface area contributed by atoms with Gasteiger partial charge in [0.25, 0.3) is 0 Å². The minimum absolute atomic E-state index is 0.0352.